The van der Waals surface area contributed by atoms with Crippen molar-refractivity contribution in [3.8, 4) is 0 Å². The summed E-state index contributed by atoms with van der Waals surface area (Å²) in [6.45, 7) is 5.19. The fourth-order valence-corrected chi connectivity index (χ4v) is 4.64. The van der Waals surface area contributed by atoms with Gasteiger partial charge in [0.2, 0.25) is 5.91 Å². The molecule has 1 atom stereocenters. The van der Waals surface area contributed by atoms with Crippen molar-refractivity contribution < 1.29 is 9.53 Å². The maximum atomic E-state index is 12.7. The normalized spacial score (nSPS) is 24.8. The lowest BCUT2D eigenvalue weighted by Crippen LogP contribution is -2.44. The van der Waals surface area contributed by atoms with E-state index in [4.69, 9.17) is 4.74 Å². The van der Waals surface area contributed by atoms with Crippen molar-refractivity contribution in [2.75, 3.05) is 32.8 Å². The van der Waals surface area contributed by atoms with Gasteiger partial charge in [0.1, 0.15) is 6.61 Å². The summed E-state index contributed by atoms with van der Waals surface area (Å²) >= 11 is 0. The van der Waals surface area contributed by atoms with Crippen LogP contribution in [0, 0.1) is 0 Å². The lowest BCUT2D eigenvalue weighted by atomic mass is 10.1. The predicted octanol–water partition coefficient (Wildman–Crippen LogP) is 2.60. The molecule has 1 aromatic heterocycles. The summed E-state index contributed by atoms with van der Waals surface area (Å²) in [4.78, 5) is 17.2. The molecule has 0 radical (unpaired) electrons. The molecular weight excluding hydrogens is 328 g/mol. The Kier molecular flexibility index (Phi) is 5.90. The Balaban J connectivity index is 1.33. The number of aromatic nitrogens is 2. The standard InChI is InChI=1S/C20H32N4O2/c25-20(16-26-19-6-2-3-7-19)23-14-17-8-10-21-24(17)18(15-23)9-13-22-11-4-1-5-12-22/h8,10,18-19H,1-7,9,11-16H2/t18-/m1/s1. The van der Waals surface area contributed by atoms with Crippen LogP contribution in [0.25, 0.3) is 0 Å². The molecule has 6 nitrogen and oxygen atoms in total. The van der Waals surface area contributed by atoms with Gasteiger partial charge in [0.25, 0.3) is 0 Å². The molecule has 4 rings (SSSR count). The molecule has 3 aliphatic rings. The molecular formula is C20H32N4O2. The highest BCUT2D eigenvalue weighted by Crippen LogP contribution is 2.25. The van der Waals surface area contributed by atoms with E-state index < -0.39 is 0 Å². The Morgan fingerprint density at radius 2 is 1.96 bits per heavy atom. The van der Waals surface area contributed by atoms with Gasteiger partial charge in [0.15, 0.2) is 0 Å². The van der Waals surface area contributed by atoms with E-state index in [0.29, 0.717) is 12.6 Å². The van der Waals surface area contributed by atoms with Crippen molar-refractivity contribution in [3.63, 3.8) is 0 Å². The second kappa shape index (κ2) is 8.53. The van der Waals surface area contributed by atoms with E-state index in [-0.39, 0.29) is 18.6 Å². The van der Waals surface area contributed by atoms with Gasteiger partial charge in [-0.25, -0.2) is 0 Å². The third-order valence-electron chi connectivity index (χ3n) is 6.21. The summed E-state index contributed by atoms with van der Waals surface area (Å²) in [5.74, 6) is 0.132. The minimum Gasteiger partial charge on any atom is -0.368 e. The molecule has 0 N–H and O–H groups in total. The molecule has 1 aromatic rings. The number of nitrogens with zero attached hydrogens (tertiary/aromatic N) is 4. The third-order valence-corrected chi connectivity index (χ3v) is 6.21. The topological polar surface area (TPSA) is 50.6 Å². The van der Waals surface area contributed by atoms with Gasteiger partial charge < -0.3 is 14.5 Å². The molecule has 2 fully saturated rings. The zero-order chi connectivity index (χ0) is 17.8. The number of rotatable bonds is 6. The fourth-order valence-electron chi connectivity index (χ4n) is 4.64. The Hall–Kier alpha value is -1.40. The monoisotopic (exact) mass is 360 g/mol. The number of hydrogen-bond acceptors (Lipinski definition) is 4. The Morgan fingerprint density at radius 3 is 2.77 bits per heavy atom. The van der Waals surface area contributed by atoms with E-state index in [2.05, 4.69) is 14.7 Å². The number of ether oxygens (including phenoxy) is 1. The summed E-state index contributed by atoms with van der Waals surface area (Å²) in [5.41, 5.74) is 1.15. The minimum absolute atomic E-state index is 0.132. The molecule has 1 saturated carbocycles. The second-order valence-electron chi connectivity index (χ2n) is 8.10. The molecule has 0 spiro atoms. The van der Waals surface area contributed by atoms with E-state index in [1.54, 1.807) is 0 Å². The van der Waals surface area contributed by atoms with Crippen LogP contribution in [0.5, 0.6) is 0 Å². The maximum absolute atomic E-state index is 12.7. The van der Waals surface area contributed by atoms with Gasteiger partial charge in [-0.05, 0) is 51.3 Å². The molecule has 0 aromatic carbocycles. The average molecular weight is 361 g/mol. The minimum atomic E-state index is 0.132. The first-order valence-electron chi connectivity index (χ1n) is 10.4. The predicted molar refractivity (Wildman–Crippen MR) is 99.8 cm³/mol. The van der Waals surface area contributed by atoms with Crippen LogP contribution in [-0.2, 0) is 16.1 Å². The number of hydrogen-bond donors (Lipinski definition) is 0. The molecule has 1 amide bonds. The van der Waals surface area contributed by atoms with Crippen LogP contribution in [-0.4, -0.2) is 64.4 Å². The van der Waals surface area contributed by atoms with Crippen molar-refractivity contribution in [2.24, 2.45) is 0 Å². The van der Waals surface area contributed by atoms with Crippen LogP contribution >= 0.6 is 0 Å². The maximum Gasteiger partial charge on any atom is 0.249 e. The first kappa shape index (κ1) is 18.0. The van der Waals surface area contributed by atoms with Crippen molar-refractivity contribution >= 4 is 5.91 Å². The molecule has 1 aliphatic carbocycles. The lowest BCUT2D eigenvalue weighted by molar-refractivity contribution is -0.140. The van der Waals surface area contributed by atoms with E-state index in [1.165, 1.54) is 45.2 Å². The van der Waals surface area contributed by atoms with Crippen LogP contribution in [0.1, 0.15) is 63.1 Å². The van der Waals surface area contributed by atoms with Gasteiger partial charge in [-0.3, -0.25) is 9.48 Å². The first-order valence-corrected chi connectivity index (χ1v) is 10.4. The Bertz CT molecular complexity index is 590. The summed E-state index contributed by atoms with van der Waals surface area (Å²) in [6.07, 6.45) is 11.9. The molecule has 0 unspecified atom stereocenters. The zero-order valence-electron chi connectivity index (χ0n) is 15.8. The Labute approximate surface area is 156 Å². The van der Waals surface area contributed by atoms with Crippen LogP contribution in [0.3, 0.4) is 0 Å². The number of carbonyl (C=O) groups excluding carboxylic acids is 1. The lowest BCUT2D eigenvalue weighted by Gasteiger charge is -2.35. The van der Waals surface area contributed by atoms with Gasteiger partial charge in [-0.15, -0.1) is 0 Å². The van der Waals surface area contributed by atoms with E-state index >= 15 is 0 Å². The number of carbonyl (C=O) groups is 1. The molecule has 144 valence electrons. The van der Waals surface area contributed by atoms with Gasteiger partial charge in [0.05, 0.1) is 24.4 Å². The van der Waals surface area contributed by atoms with E-state index in [9.17, 15) is 4.79 Å². The average Bonchev–Trinajstić information content (AvgIpc) is 3.36. The van der Waals surface area contributed by atoms with E-state index in [1.807, 2.05) is 17.2 Å². The summed E-state index contributed by atoms with van der Waals surface area (Å²) in [5, 5.41) is 4.53. The van der Waals surface area contributed by atoms with Crippen LogP contribution < -0.4 is 0 Å². The largest absolute Gasteiger partial charge is 0.368 e. The van der Waals surface area contributed by atoms with E-state index in [0.717, 1.165) is 38.0 Å². The van der Waals surface area contributed by atoms with Crippen molar-refractivity contribution in [2.45, 2.75) is 70.1 Å². The zero-order valence-corrected chi connectivity index (χ0v) is 15.8. The quantitative estimate of drug-likeness (QED) is 0.782. The molecule has 6 heteroatoms. The van der Waals surface area contributed by atoms with Gasteiger partial charge in [-0.1, -0.05) is 19.3 Å². The van der Waals surface area contributed by atoms with Crippen molar-refractivity contribution in [3.05, 3.63) is 18.0 Å². The fraction of sp³-hybridized carbons (Fsp3) is 0.800. The van der Waals surface area contributed by atoms with Gasteiger partial charge in [0, 0.05) is 19.3 Å². The number of amides is 1. The third kappa shape index (κ3) is 4.29. The SMILES string of the molecule is O=C(COC1CCCC1)N1Cc2ccnn2[C@H](CCN2CCCCC2)C1. The van der Waals surface area contributed by atoms with Crippen LogP contribution in [0.2, 0.25) is 0 Å². The molecule has 1 saturated heterocycles. The summed E-state index contributed by atoms with van der Waals surface area (Å²) in [6, 6.07) is 2.33. The van der Waals surface area contributed by atoms with Crippen molar-refractivity contribution in [1.82, 2.24) is 19.6 Å². The summed E-state index contributed by atoms with van der Waals surface area (Å²) < 4.78 is 8.00. The molecule has 26 heavy (non-hydrogen) atoms. The highest BCUT2D eigenvalue weighted by Gasteiger charge is 2.29. The van der Waals surface area contributed by atoms with Crippen molar-refractivity contribution in [1.29, 1.82) is 0 Å². The molecule has 3 heterocycles. The van der Waals surface area contributed by atoms with Crippen LogP contribution in [0.15, 0.2) is 12.3 Å². The number of likely N-dealkylation sites (tertiary alicyclic amines) is 1. The highest BCUT2D eigenvalue weighted by molar-refractivity contribution is 5.77. The second-order valence-corrected chi connectivity index (χ2v) is 8.10. The highest BCUT2D eigenvalue weighted by atomic mass is 16.5. The van der Waals surface area contributed by atoms with Crippen LogP contribution in [0.4, 0.5) is 0 Å². The summed E-state index contributed by atoms with van der Waals surface area (Å²) in [7, 11) is 0. The smallest absolute Gasteiger partial charge is 0.249 e. The van der Waals surface area contributed by atoms with Gasteiger partial charge in [-0.2, -0.15) is 5.10 Å². The Morgan fingerprint density at radius 1 is 1.15 bits per heavy atom. The first-order chi connectivity index (χ1) is 12.8. The molecule has 2 aliphatic heterocycles. The van der Waals surface area contributed by atoms with Gasteiger partial charge >= 0.3 is 0 Å². The number of piperidine rings is 1. The molecule has 0 bridgehead atoms. The number of fused-ring (bicyclic) bond motifs is 1.